The van der Waals surface area contributed by atoms with E-state index < -0.39 is 0 Å². The largest absolute Gasteiger partial charge is 0.349 e. The summed E-state index contributed by atoms with van der Waals surface area (Å²) in [5, 5.41) is 10.6. The van der Waals surface area contributed by atoms with Gasteiger partial charge in [0.1, 0.15) is 0 Å². The molecular weight excluding hydrogens is 232 g/mol. The Hall–Kier alpha value is -1.47. The van der Waals surface area contributed by atoms with Gasteiger partial charge < -0.3 is 16.0 Å². The third-order valence-corrected chi connectivity index (χ3v) is 3.30. The molecule has 2 rings (SSSR count). The van der Waals surface area contributed by atoms with Crippen molar-refractivity contribution in [2.75, 3.05) is 26.7 Å². The first-order valence-electron chi connectivity index (χ1n) is 6.29. The number of carbonyl (C=O) groups is 1. The summed E-state index contributed by atoms with van der Waals surface area (Å²) in [5.41, 5.74) is 5.76. The second kappa shape index (κ2) is 5.92. The predicted molar refractivity (Wildman–Crippen MR) is 67.1 cm³/mol. The van der Waals surface area contributed by atoms with Gasteiger partial charge in [0.15, 0.2) is 5.69 Å². The number of likely N-dealkylation sites (tertiary alicyclic amines) is 1. The van der Waals surface area contributed by atoms with Crippen molar-refractivity contribution >= 4 is 5.91 Å². The molecule has 1 aliphatic rings. The first kappa shape index (κ1) is 13.0. The molecule has 18 heavy (non-hydrogen) atoms. The normalized spacial score (nSPS) is 20.2. The van der Waals surface area contributed by atoms with Crippen molar-refractivity contribution < 1.29 is 4.79 Å². The lowest BCUT2D eigenvalue weighted by atomic mass is 10.2. The second-order valence-corrected chi connectivity index (χ2v) is 4.64. The van der Waals surface area contributed by atoms with Crippen LogP contribution in [0.3, 0.4) is 0 Å². The summed E-state index contributed by atoms with van der Waals surface area (Å²) >= 11 is 0. The number of rotatable bonds is 5. The molecule has 1 aromatic heterocycles. The number of aromatic nitrogens is 3. The van der Waals surface area contributed by atoms with Crippen LogP contribution in [-0.2, 0) is 6.54 Å². The number of carbonyl (C=O) groups excluding carboxylic acids is 1. The van der Waals surface area contributed by atoms with Gasteiger partial charge in [-0.1, -0.05) is 5.21 Å². The number of hydrogen-bond donors (Lipinski definition) is 2. The Morgan fingerprint density at radius 3 is 3.17 bits per heavy atom. The van der Waals surface area contributed by atoms with Crippen molar-refractivity contribution in [2.24, 2.45) is 5.73 Å². The molecule has 0 saturated carbocycles. The van der Waals surface area contributed by atoms with Gasteiger partial charge in [0, 0.05) is 19.1 Å². The van der Waals surface area contributed by atoms with Crippen LogP contribution < -0.4 is 11.1 Å². The third kappa shape index (κ3) is 3.05. The molecule has 0 aromatic carbocycles. The summed E-state index contributed by atoms with van der Waals surface area (Å²) in [7, 11) is 2.08. The minimum Gasteiger partial charge on any atom is -0.349 e. The Balaban J connectivity index is 1.83. The first-order chi connectivity index (χ1) is 8.70. The number of hydrogen-bond acceptors (Lipinski definition) is 5. The molecule has 1 unspecified atom stereocenters. The maximum atomic E-state index is 11.8. The summed E-state index contributed by atoms with van der Waals surface area (Å²) < 4.78 is 1.58. The average molecular weight is 252 g/mol. The fraction of sp³-hybridized carbons (Fsp3) is 0.727. The van der Waals surface area contributed by atoms with Crippen LogP contribution in [0.5, 0.6) is 0 Å². The van der Waals surface area contributed by atoms with E-state index in [1.54, 1.807) is 10.9 Å². The van der Waals surface area contributed by atoms with Gasteiger partial charge in [-0.05, 0) is 26.4 Å². The van der Waals surface area contributed by atoms with Gasteiger partial charge in [-0.25, -0.2) is 0 Å². The zero-order chi connectivity index (χ0) is 13.0. The van der Waals surface area contributed by atoms with E-state index in [-0.39, 0.29) is 5.91 Å². The summed E-state index contributed by atoms with van der Waals surface area (Å²) in [6.45, 7) is 2.83. The number of nitrogens with zero attached hydrogens (tertiary/aromatic N) is 4. The summed E-state index contributed by atoms with van der Waals surface area (Å²) in [4.78, 5) is 14.1. The van der Waals surface area contributed by atoms with E-state index in [1.807, 2.05) is 0 Å². The van der Waals surface area contributed by atoms with E-state index in [0.717, 1.165) is 13.0 Å². The molecular formula is C11H20N6O. The fourth-order valence-electron chi connectivity index (χ4n) is 2.18. The Morgan fingerprint density at radius 1 is 1.67 bits per heavy atom. The van der Waals surface area contributed by atoms with Crippen molar-refractivity contribution in [3.8, 4) is 0 Å². The molecule has 7 heteroatoms. The van der Waals surface area contributed by atoms with Crippen LogP contribution in [0.4, 0.5) is 0 Å². The minimum absolute atomic E-state index is 0.168. The van der Waals surface area contributed by atoms with Crippen molar-refractivity contribution in [3.05, 3.63) is 11.9 Å². The highest BCUT2D eigenvalue weighted by atomic mass is 16.2. The van der Waals surface area contributed by atoms with Crippen LogP contribution >= 0.6 is 0 Å². The van der Waals surface area contributed by atoms with Crippen LogP contribution in [0.2, 0.25) is 0 Å². The smallest absolute Gasteiger partial charge is 0.273 e. The molecule has 7 nitrogen and oxygen atoms in total. The summed E-state index contributed by atoms with van der Waals surface area (Å²) in [6.07, 6.45) is 3.96. The zero-order valence-electron chi connectivity index (χ0n) is 10.7. The first-order valence-corrected chi connectivity index (χ1v) is 6.29. The topological polar surface area (TPSA) is 89.1 Å². The molecule has 0 radical (unpaired) electrons. The summed E-state index contributed by atoms with van der Waals surface area (Å²) in [5.74, 6) is -0.168. The minimum atomic E-state index is -0.168. The Kier molecular flexibility index (Phi) is 4.27. The van der Waals surface area contributed by atoms with Crippen LogP contribution in [-0.4, -0.2) is 58.5 Å². The number of nitrogens with one attached hydrogen (secondary N) is 1. The van der Waals surface area contributed by atoms with Crippen LogP contribution in [0, 0.1) is 0 Å². The molecule has 1 fully saturated rings. The average Bonchev–Trinajstić information content (AvgIpc) is 2.96. The van der Waals surface area contributed by atoms with E-state index in [9.17, 15) is 4.79 Å². The van der Waals surface area contributed by atoms with Crippen molar-refractivity contribution in [3.63, 3.8) is 0 Å². The van der Waals surface area contributed by atoms with Gasteiger partial charge in [-0.2, -0.15) is 0 Å². The number of nitrogens with two attached hydrogens (primary N) is 1. The van der Waals surface area contributed by atoms with E-state index in [4.69, 9.17) is 5.73 Å². The van der Waals surface area contributed by atoms with E-state index >= 15 is 0 Å². The third-order valence-electron chi connectivity index (χ3n) is 3.30. The van der Waals surface area contributed by atoms with Gasteiger partial charge in [-0.3, -0.25) is 9.48 Å². The number of amides is 1. The molecule has 0 aliphatic carbocycles. The second-order valence-electron chi connectivity index (χ2n) is 4.64. The zero-order valence-corrected chi connectivity index (χ0v) is 10.7. The Bertz CT molecular complexity index is 404. The molecule has 1 aromatic rings. The lowest BCUT2D eigenvalue weighted by molar-refractivity contribution is 0.0938. The molecule has 1 amide bonds. The van der Waals surface area contributed by atoms with Gasteiger partial charge in [0.2, 0.25) is 0 Å². The molecule has 1 aliphatic heterocycles. The van der Waals surface area contributed by atoms with E-state index in [0.29, 0.717) is 31.4 Å². The molecule has 0 bridgehead atoms. The molecule has 0 spiro atoms. The standard InChI is InChI=1S/C11H20N6O/c1-16-5-2-3-9(16)7-13-11(18)10-8-17(6-4-12)15-14-10/h8-9H,2-7,12H2,1H3,(H,13,18). The SMILES string of the molecule is CN1CCCC1CNC(=O)c1cn(CCN)nn1. The molecule has 3 N–H and O–H groups in total. The molecule has 1 saturated heterocycles. The maximum Gasteiger partial charge on any atom is 0.273 e. The van der Waals surface area contributed by atoms with Crippen LogP contribution in [0.25, 0.3) is 0 Å². The fourth-order valence-corrected chi connectivity index (χ4v) is 2.18. The van der Waals surface area contributed by atoms with E-state index in [1.165, 1.54) is 6.42 Å². The monoisotopic (exact) mass is 252 g/mol. The maximum absolute atomic E-state index is 11.8. The van der Waals surface area contributed by atoms with E-state index in [2.05, 4.69) is 27.6 Å². The Labute approximate surface area is 106 Å². The van der Waals surface area contributed by atoms with Gasteiger partial charge in [0.25, 0.3) is 5.91 Å². The van der Waals surface area contributed by atoms with Crippen molar-refractivity contribution in [1.29, 1.82) is 0 Å². The predicted octanol–water partition coefficient (Wildman–Crippen LogP) is -0.939. The highest BCUT2D eigenvalue weighted by Crippen LogP contribution is 2.13. The molecule has 1 atom stereocenters. The van der Waals surface area contributed by atoms with Gasteiger partial charge in [0.05, 0.1) is 12.7 Å². The molecule has 2 heterocycles. The number of likely N-dealkylation sites (N-methyl/N-ethyl adjacent to an activating group) is 1. The quantitative estimate of drug-likeness (QED) is 0.706. The van der Waals surface area contributed by atoms with Crippen LogP contribution in [0.15, 0.2) is 6.20 Å². The van der Waals surface area contributed by atoms with Gasteiger partial charge in [-0.15, -0.1) is 5.10 Å². The van der Waals surface area contributed by atoms with Crippen molar-refractivity contribution in [1.82, 2.24) is 25.2 Å². The molecule has 100 valence electrons. The highest BCUT2D eigenvalue weighted by Gasteiger charge is 2.21. The van der Waals surface area contributed by atoms with Crippen LogP contribution in [0.1, 0.15) is 23.3 Å². The van der Waals surface area contributed by atoms with Crippen molar-refractivity contribution in [2.45, 2.75) is 25.4 Å². The summed E-state index contributed by atoms with van der Waals surface area (Å²) in [6, 6.07) is 0.438. The van der Waals surface area contributed by atoms with Gasteiger partial charge >= 0.3 is 0 Å². The lowest BCUT2D eigenvalue weighted by Crippen LogP contribution is -2.38. The highest BCUT2D eigenvalue weighted by molar-refractivity contribution is 5.91. The Morgan fingerprint density at radius 2 is 2.50 bits per heavy atom. The lowest BCUT2D eigenvalue weighted by Gasteiger charge is -2.19.